The highest BCUT2D eigenvalue weighted by Crippen LogP contribution is 1.81. The van der Waals surface area contributed by atoms with Gasteiger partial charge in [0, 0.05) is 13.0 Å². The Labute approximate surface area is 71.6 Å². The number of hydrogen-bond acceptors (Lipinski definition) is 4. The lowest BCUT2D eigenvalue weighted by molar-refractivity contribution is -0.109. The Morgan fingerprint density at radius 2 is 2.42 bits per heavy atom. The second kappa shape index (κ2) is 6.41. The van der Waals surface area contributed by atoms with E-state index in [4.69, 9.17) is 11.6 Å². The van der Waals surface area contributed by atoms with E-state index in [1.54, 1.807) is 0 Å². The number of carbonyl (C=O) groups is 1. The quantitative estimate of drug-likeness (QED) is 0.115. The highest BCUT2D eigenvalue weighted by molar-refractivity contribution is 5.80. The van der Waals surface area contributed by atoms with Gasteiger partial charge in [0.2, 0.25) is 6.41 Å². The van der Waals surface area contributed by atoms with Crippen molar-refractivity contribution >= 4 is 12.2 Å². The van der Waals surface area contributed by atoms with Gasteiger partial charge in [0.1, 0.15) is 5.84 Å². The standard InChI is InChI=1S/C6H15N5O/c1-2-11(8)10-6(7)3-4-9-5-12/h5H,2-4,8H2,1H3,(H2,7,10)(H,9,12). The first-order valence-corrected chi connectivity index (χ1v) is 3.73. The number of nitrogens with one attached hydrogen (secondary N) is 1. The first-order valence-electron chi connectivity index (χ1n) is 3.73. The summed E-state index contributed by atoms with van der Waals surface area (Å²) in [5, 5.41) is 7.53. The van der Waals surface area contributed by atoms with Crippen molar-refractivity contribution < 1.29 is 4.79 Å². The van der Waals surface area contributed by atoms with Crippen molar-refractivity contribution in [2.75, 3.05) is 13.1 Å². The van der Waals surface area contributed by atoms with Crippen LogP contribution in [0, 0.1) is 0 Å². The number of hydrazone groups is 1. The van der Waals surface area contributed by atoms with E-state index in [1.165, 1.54) is 5.12 Å². The van der Waals surface area contributed by atoms with Crippen LogP contribution in [0.15, 0.2) is 5.10 Å². The summed E-state index contributed by atoms with van der Waals surface area (Å²) in [5.41, 5.74) is 5.46. The Kier molecular flexibility index (Phi) is 5.72. The summed E-state index contributed by atoms with van der Waals surface area (Å²) in [6, 6.07) is 0. The topological polar surface area (TPSA) is 96.7 Å². The van der Waals surface area contributed by atoms with E-state index in [1.807, 2.05) is 6.92 Å². The van der Waals surface area contributed by atoms with Crippen LogP contribution in [0.3, 0.4) is 0 Å². The third kappa shape index (κ3) is 5.48. The number of hydrogen-bond donors (Lipinski definition) is 3. The van der Waals surface area contributed by atoms with Gasteiger partial charge in [-0.2, -0.15) is 0 Å². The molecule has 5 N–H and O–H groups in total. The Bertz CT molecular complexity index is 158. The Morgan fingerprint density at radius 3 is 2.92 bits per heavy atom. The van der Waals surface area contributed by atoms with Crippen molar-refractivity contribution in [2.24, 2.45) is 16.7 Å². The number of nitrogens with zero attached hydrogens (tertiary/aromatic N) is 2. The first-order chi connectivity index (χ1) is 5.70. The van der Waals surface area contributed by atoms with E-state index in [2.05, 4.69) is 10.4 Å². The molecule has 0 heterocycles. The maximum absolute atomic E-state index is 9.84. The number of amides is 1. The van der Waals surface area contributed by atoms with E-state index in [0.29, 0.717) is 31.8 Å². The zero-order valence-corrected chi connectivity index (χ0v) is 7.16. The molecule has 70 valence electrons. The molecule has 12 heavy (non-hydrogen) atoms. The molecule has 0 aliphatic heterocycles. The number of hydrazine groups is 1. The zero-order valence-electron chi connectivity index (χ0n) is 7.16. The average Bonchev–Trinajstić information content (AvgIpc) is 2.05. The third-order valence-electron chi connectivity index (χ3n) is 1.19. The summed E-state index contributed by atoms with van der Waals surface area (Å²) >= 11 is 0. The van der Waals surface area contributed by atoms with Crippen LogP contribution in [0.5, 0.6) is 0 Å². The second-order valence-corrected chi connectivity index (χ2v) is 2.17. The molecular formula is C6H15N5O. The van der Waals surface area contributed by atoms with Crippen molar-refractivity contribution in [3.05, 3.63) is 0 Å². The van der Waals surface area contributed by atoms with E-state index in [-0.39, 0.29) is 0 Å². The van der Waals surface area contributed by atoms with Crippen LogP contribution in [0.25, 0.3) is 0 Å². The molecule has 0 spiro atoms. The van der Waals surface area contributed by atoms with E-state index >= 15 is 0 Å². The second-order valence-electron chi connectivity index (χ2n) is 2.17. The van der Waals surface area contributed by atoms with Gasteiger partial charge < -0.3 is 11.1 Å². The smallest absolute Gasteiger partial charge is 0.207 e. The number of rotatable bonds is 6. The van der Waals surface area contributed by atoms with E-state index in [0.717, 1.165) is 0 Å². The third-order valence-corrected chi connectivity index (χ3v) is 1.19. The summed E-state index contributed by atoms with van der Waals surface area (Å²) in [6.07, 6.45) is 1.12. The fourth-order valence-electron chi connectivity index (χ4n) is 0.545. The van der Waals surface area contributed by atoms with Crippen LogP contribution in [-0.2, 0) is 4.79 Å². The Morgan fingerprint density at radius 1 is 1.75 bits per heavy atom. The average molecular weight is 173 g/mol. The molecule has 0 aromatic rings. The molecule has 0 unspecified atom stereocenters. The number of amidine groups is 1. The maximum Gasteiger partial charge on any atom is 0.207 e. The molecule has 6 heteroatoms. The van der Waals surface area contributed by atoms with E-state index < -0.39 is 0 Å². The molecule has 0 bridgehead atoms. The van der Waals surface area contributed by atoms with Gasteiger partial charge in [0.25, 0.3) is 0 Å². The van der Waals surface area contributed by atoms with Crippen molar-refractivity contribution in [1.29, 1.82) is 0 Å². The van der Waals surface area contributed by atoms with Gasteiger partial charge in [-0.15, -0.1) is 5.10 Å². The highest BCUT2D eigenvalue weighted by Gasteiger charge is 1.93. The fourth-order valence-corrected chi connectivity index (χ4v) is 0.545. The van der Waals surface area contributed by atoms with Crippen LogP contribution in [0.2, 0.25) is 0 Å². The molecule has 0 aromatic heterocycles. The minimum atomic E-state index is 0.411. The van der Waals surface area contributed by atoms with E-state index in [9.17, 15) is 4.79 Å². The molecule has 0 aliphatic carbocycles. The lowest BCUT2D eigenvalue weighted by Gasteiger charge is -2.09. The molecule has 0 rings (SSSR count). The first kappa shape index (κ1) is 10.7. The van der Waals surface area contributed by atoms with Gasteiger partial charge in [-0.1, -0.05) is 0 Å². The van der Waals surface area contributed by atoms with Crippen LogP contribution in [0.4, 0.5) is 0 Å². The maximum atomic E-state index is 9.84. The summed E-state index contributed by atoms with van der Waals surface area (Å²) in [5.74, 6) is 5.76. The van der Waals surface area contributed by atoms with Gasteiger partial charge in [-0.3, -0.25) is 4.79 Å². The molecule has 0 saturated carbocycles. The van der Waals surface area contributed by atoms with Gasteiger partial charge in [0.05, 0.1) is 6.54 Å². The monoisotopic (exact) mass is 173 g/mol. The van der Waals surface area contributed by atoms with Crippen molar-refractivity contribution in [3.8, 4) is 0 Å². The van der Waals surface area contributed by atoms with Crippen LogP contribution in [0.1, 0.15) is 13.3 Å². The van der Waals surface area contributed by atoms with Crippen LogP contribution in [-0.4, -0.2) is 30.5 Å². The van der Waals surface area contributed by atoms with Gasteiger partial charge in [-0.25, -0.2) is 11.0 Å². The molecule has 0 fully saturated rings. The molecule has 0 atom stereocenters. The predicted molar refractivity (Wildman–Crippen MR) is 46.9 cm³/mol. The summed E-state index contributed by atoms with van der Waals surface area (Å²) < 4.78 is 0. The SMILES string of the molecule is CCN(N)/N=C(\N)CCNC=O. The van der Waals surface area contributed by atoms with Gasteiger partial charge in [0.15, 0.2) is 0 Å². The molecule has 0 radical (unpaired) electrons. The summed E-state index contributed by atoms with van der Waals surface area (Å²) in [6.45, 7) is 2.94. The number of carbonyl (C=O) groups excluding carboxylic acids is 1. The van der Waals surface area contributed by atoms with Crippen molar-refractivity contribution in [2.45, 2.75) is 13.3 Å². The minimum Gasteiger partial charge on any atom is -0.386 e. The summed E-state index contributed by atoms with van der Waals surface area (Å²) in [7, 11) is 0. The molecule has 1 amide bonds. The van der Waals surface area contributed by atoms with Crippen molar-refractivity contribution in [1.82, 2.24) is 10.4 Å². The predicted octanol–water partition coefficient (Wildman–Crippen LogP) is -1.41. The minimum absolute atomic E-state index is 0.411. The fraction of sp³-hybridized carbons (Fsp3) is 0.667. The molecule has 0 saturated heterocycles. The molecule has 0 aliphatic rings. The lowest BCUT2D eigenvalue weighted by atomic mass is 10.4. The van der Waals surface area contributed by atoms with Crippen LogP contribution >= 0.6 is 0 Å². The van der Waals surface area contributed by atoms with Crippen LogP contribution < -0.4 is 16.9 Å². The Hall–Kier alpha value is -1.30. The normalized spacial score (nSPS) is 11.0. The Balaban J connectivity index is 3.61. The zero-order chi connectivity index (χ0) is 9.40. The van der Waals surface area contributed by atoms with Gasteiger partial charge in [-0.05, 0) is 6.92 Å². The van der Waals surface area contributed by atoms with Crippen molar-refractivity contribution in [3.63, 3.8) is 0 Å². The van der Waals surface area contributed by atoms with Gasteiger partial charge >= 0.3 is 0 Å². The summed E-state index contributed by atoms with van der Waals surface area (Å²) in [4.78, 5) is 9.84. The largest absolute Gasteiger partial charge is 0.386 e. The molecular weight excluding hydrogens is 158 g/mol. The molecule has 6 nitrogen and oxygen atoms in total. The molecule has 0 aromatic carbocycles. The lowest BCUT2D eigenvalue weighted by Crippen LogP contribution is -2.30. The number of nitrogens with two attached hydrogens (primary N) is 2. The highest BCUT2D eigenvalue weighted by atomic mass is 16.1.